The molecule has 3 aromatic rings. The second-order valence-corrected chi connectivity index (χ2v) is 10.5. The molecule has 4 atom stereocenters. The summed E-state index contributed by atoms with van der Waals surface area (Å²) in [6.07, 6.45) is 7.92. The Morgan fingerprint density at radius 1 is 0.814 bits per heavy atom. The van der Waals surface area contributed by atoms with Gasteiger partial charge in [-0.15, -0.1) is 0 Å². The van der Waals surface area contributed by atoms with Gasteiger partial charge in [-0.05, 0) is 56.8 Å². The van der Waals surface area contributed by atoms with Crippen LogP contribution in [0, 0.1) is 0 Å². The smallest absolute Gasteiger partial charge is 0.326 e. The van der Waals surface area contributed by atoms with Crippen LogP contribution in [0.25, 0.3) is 10.9 Å². The Kier molecular flexibility index (Phi) is 13.1. The summed E-state index contributed by atoms with van der Waals surface area (Å²) in [4.78, 5) is 61.9. The molecule has 0 aliphatic heterocycles. The molecule has 2 heterocycles. The van der Waals surface area contributed by atoms with E-state index in [2.05, 4.69) is 30.9 Å². The predicted octanol–water partition coefficient (Wildman–Crippen LogP) is -0.199. The number of carboxylic acid groups (broad SMARTS) is 1. The molecular weight excluding hydrogens is 554 g/mol. The average Bonchev–Trinajstić information content (AvgIpc) is 3.66. The van der Waals surface area contributed by atoms with Crippen molar-refractivity contribution in [3.63, 3.8) is 0 Å². The number of unbranched alkanes of at least 4 members (excludes halogenated alkanes) is 2. The maximum absolute atomic E-state index is 13.5. The number of nitrogens with two attached hydrogens (primary N) is 3. The van der Waals surface area contributed by atoms with Gasteiger partial charge in [-0.3, -0.25) is 14.4 Å². The van der Waals surface area contributed by atoms with Gasteiger partial charge in [0.1, 0.15) is 18.1 Å². The first kappa shape index (κ1) is 33.2. The monoisotopic (exact) mass is 597 g/mol. The van der Waals surface area contributed by atoms with Gasteiger partial charge >= 0.3 is 5.97 Å². The molecule has 14 heteroatoms. The molecule has 3 rings (SSSR count). The molecule has 0 aliphatic rings. The number of benzene rings is 1. The molecule has 43 heavy (non-hydrogen) atoms. The number of aromatic nitrogens is 3. The number of para-hydroxylation sites is 1. The lowest BCUT2D eigenvalue weighted by Crippen LogP contribution is -2.57. The molecule has 0 saturated carbocycles. The van der Waals surface area contributed by atoms with Crippen LogP contribution in [0.5, 0.6) is 0 Å². The Morgan fingerprint density at radius 3 is 2.14 bits per heavy atom. The number of fused-ring (bicyclic) bond motifs is 1. The molecule has 4 unspecified atom stereocenters. The maximum atomic E-state index is 13.5. The molecule has 14 nitrogen and oxygen atoms in total. The number of carboxylic acids is 1. The Morgan fingerprint density at radius 2 is 1.47 bits per heavy atom. The first-order valence-electron chi connectivity index (χ1n) is 14.5. The van der Waals surface area contributed by atoms with Crippen LogP contribution in [0.1, 0.15) is 49.8 Å². The Balaban J connectivity index is 1.74. The minimum atomic E-state index is -1.24. The van der Waals surface area contributed by atoms with Crippen LogP contribution in [-0.2, 0) is 32.0 Å². The van der Waals surface area contributed by atoms with E-state index < -0.39 is 47.9 Å². The molecule has 3 amide bonds. The van der Waals surface area contributed by atoms with Crippen LogP contribution < -0.4 is 33.2 Å². The third-order valence-electron chi connectivity index (χ3n) is 7.21. The van der Waals surface area contributed by atoms with E-state index in [1.807, 2.05) is 24.3 Å². The summed E-state index contributed by atoms with van der Waals surface area (Å²) >= 11 is 0. The van der Waals surface area contributed by atoms with Crippen LogP contribution >= 0.6 is 0 Å². The van der Waals surface area contributed by atoms with Crippen molar-refractivity contribution in [2.24, 2.45) is 17.2 Å². The fraction of sp³-hybridized carbons (Fsp3) is 0.483. The Labute approximate surface area is 249 Å². The van der Waals surface area contributed by atoms with Crippen LogP contribution in [-0.4, -0.2) is 81.0 Å². The van der Waals surface area contributed by atoms with E-state index >= 15 is 0 Å². The third kappa shape index (κ3) is 10.2. The van der Waals surface area contributed by atoms with Crippen molar-refractivity contribution in [2.45, 2.75) is 75.5 Å². The van der Waals surface area contributed by atoms with E-state index in [0.717, 1.165) is 22.9 Å². The molecular formula is C29H43N9O5. The molecule has 234 valence electrons. The molecule has 2 aromatic heterocycles. The summed E-state index contributed by atoms with van der Waals surface area (Å²) in [5.74, 6) is -2.99. The number of imidazole rings is 1. The van der Waals surface area contributed by atoms with Crippen molar-refractivity contribution in [3.05, 3.63) is 54.2 Å². The van der Waals surface area contributed by atoms with Crippen molar-refractivity contribution in [1.29, 1.82) is 0 Å². The highest BCUT2D eigenvalue weighted by atomic mass is 16.4. The fourth-order valence-corrected chi connectivity index (χ4v) is 4.77. The molecule has 12 N–H and O–H groups in total. The summed E-state index contributed by atoms with van der Waals surface area (Å²) < 4.78 is 0. The largest absolute Gasteiger partial charge is 0.480 e. The molecule has 1 aromatic carbocycles. The van der Waals surface area contributed by atoms with Gasteiger partial charge in [-0.25, -0.2) is 9.78 Å². The molecule has 0 saturated heterocycles. The topological polar surface area (TPSA) is 247 Å². The lowest BCUT2D eigenvalue weighted by molar-refractivity contribution is -0.142. The van der Waals surface area contributed by atoms with Gasteiger partial charge in [0.05, 0.1) is 12.4 Å². The summed E-state index contributed by atoms with van der Waals surface area (Å²) in [7, 11) is 0. The molecule has 0 fully saturated rings. The van der Waals surface area contributed by atoms with Crippen LogP contribution in [0.2, 0.25) is 0 Å². The van der Waals surface area contributed by atoms with Gasteiger partial charge in [-0.2, -0.15) is 0 Å². The van der Waals surface area contributed by atoms with Crippen LogP contribution in [0.4, 0.5) is 0 Å². The Hall–Kier alpha value is -4.27. The van der Waals surface area contributed by atoms with Gasteiger partial charge in [0.25, 0.3) is 0 Å². The number of hydrogen-bond donors (Lipinski definition) is 9. The van der Waals surface area contributed by atoms with Crippen LogP contribution in [0.3, 0.4) is 0 Å². The summed E-state index contributed by atoms with van der Waals surface area (Å²) in [5, 5.41) is 18.8. The lowest BCUT2D eigenvalue weighted by atomic mass is 10.0. The van der Waals surface area contributed by atoms with Gasteiger partial charge < -0.3 is 48.2 Å². The number of H-pyrrole nitrogens is 2. The number of aliphatic carboxylic acids is 1. The quantitative estimate of drug-likeness (QED) is 0.0829. The van der Waals surface area contributed by atoms with Gasteiger partial charge in [0.15, 0.2) is 0 Å². The average molecular weight is 598 g/mol. The van der Waals surface area contributed by atoms with E-state index in [4.69, 9.17) is 17.2 Å². The fourth-order valence-electron chi connectivity index (χ4n) is 4.77. The second-order valence-electron chi connectivity index (χ2n) is 10.5. The first-order valence-corrected chi connectivity index (χ1v) is 14.5. The molecule has 0 bridgehead atoms. The van der Waals surface area contributed by atoms with Crippen LogP contribution in [0.15, 0.2) is 43.0 Å². The van der Waals surface area contributed by atoms with Crippen molar-refractivity contribution in [1.82, 2.24) is 30.9 Å². The van der Waals surface area contributed by atoms with Crippen molar-refractivity contribution >= 4 is 34.6 Å². The summed E-state index contributed by atoms with van der Waals surface area (Å²) in [6.45, 7) is 0.873. The maximum Gasteiger partial charge on any atom is 0.326 e. The highest BCUT2D eigenvalue weighted by molar-refractivity contribution is 5.94. The van der Waals surface area contributed by atoms with Gasteiger partial charge in [0, 0.05) is 41.8 Å². The molecule has 0 spiro atoms. The lowest BCUT2D eigenvalue weighted by Gasteiger charge is -2.25. The van der Waals surface area contributed by atoms with Crippen molar-refractivity contribution in [2.75, 3.05) is 13.1 Å². The summed E-state index contributed by atoms with van der Waals surface area (Å²) in [6, 6.07) is 3.25. The number of nitrogens with one attached hydrogen (secondary N) is 5. The highest BCUT2D eigenvalue weighted by Crippen LogP contribution is 2.19. The molecule has 0 radical (unpaired) electrons. The van der Waals surface area contributed by atoms with Crippen molar-refractivity contribution < 1.29 is 24.3 Å². The van der Waals surface area contributed by atoms with Gasteiger partial charge in [0.2, 0.25) is 17.7 Å². The minimum Gasteiger partial charge on any atom is -0.480 e. The standard InChI is InChI=1S/C29H43N9O5/c30-11-5-3-8-21(32)26(39)37-24(14-19-16-33-17-35-19)28(41)36-23(10-4-6-12-31)27(40)38-25(29(42)43)13-18-15-34-22-9-2-1-7-20(18)22/h1-2,7,9,15-17,21,23-25,34H,3-6,8,10-14,30-32H2,(H,33,35)(H,36,41)(H,37,39)(H,38,40)(H,42,43). The van der Waals surface area contributed by atoms with Crippen molar-refractivity contribution in [3.8, 4) is 0 Å². The number of carbonyl (C=O) groups is 4. The van der Waals surface area contributed by atoms with E-state index in [0.29, 0.717) is 44.5 Å². The molecule has 0 aliphatic carbocycles. The normalized spacial score (nSPS) is 14.0. The van der Waals surface area contributed by atoms with E-state index in [1.54, 1.807) is 6.20 Å². The minimum absolute atomic E-state index is 0.0368. The van der Waals surface area contributed by atoms with E-state index in [-0.39, 0.29) is 19.3 Å². The Bertz CT molecular complexity index is 1330. The summed E-state index contributed by atoms with van der Waals surface area (Å²) in [5.41, 5.74) is 19.4. The number of aromatic amines is 2. The van der Waals surface area contributed by atoms with E-state index in [9.17, 15) is 24.3 Å². The zero-order valence-electron chi connectivity index (χ0n) is 24.2. The van der Waals surface area contributed by atoms with E-state index in [1.165, 1.54) is 12.5 Å². The third-order valence-corrected chi connectivity index (χ3v) is 7.21. The highest BCUT2D eigenvalue weighted by Gasteiger charge is 2.31. The number of amides is 3. The SMILES string of the molecule is NCCCCC(N)C(=O)NC(Cc1cnc[nH]1)C(=O)NC(CCCCN)C(=O)NC(Cc1c[nH]c2ccccc12)C(=O)O. The van der Waals surface area contributed by atoms with Gasteiger partial charge in [-0.1, -0.05) is 24.6 Å². The second kappa shape index (κ2) is 17.0. The number of rotatable bonds is 19. The zero-order valence-corrected chi connectivity index (χ0v) is 24.2. The predicted molar refractivity (Wildman–Crippen MR) is 162 cm³/mol. The number of hydrogen-bond acceptors (Lipinski definition) is 8. The number of nitrogens with zero attached hydrogens (tertiary/aromatic N) is 1. The number of carbonyl (C=O) groups excluding carboxylic acids is 3. The zero-order chi connectivity index (χ0) is 31.2. The first-order chi connectivity index (χ1) is 20.7.